The lowest BCUT2D eigenvalue weighted by Gasteiger charge is -2.23. The van der Waals surface area contributed by atoms with E-state index in [-0.39, 0.29) is 5.97 Å². The minimum absolute atomic E-state index is 0.0813. The minimum atomic E-state index is -0.0813. The van der Waals surface area contributed by atoms with E-state index in [0.29, 0.717) is 13.0 Å². The van der Waals surface area contributed by atoms with E-state index in [0.717, 1.165) is 25.9 Å². The Bertz CT molecular complexity index is 390. The number of nitrogens with zero attached hydrogens (tertiary/aromatic N) is 1. The zero-order valence-corrected chi connectivity index (χ0v) is 12.3. The van der Waals surface area contributed by atoms with Gasteiger partial charge in [-0.05, 0) is 44.4 Å². The molecule has 0 amide bonds. The molecule has 19 heavy (non-hydrogen) atoms. The minimum Gasteiger partial charge on any atom is -0.466 e. The van der Waals surface area contributed by atoms with E-state index in [1.54, 1.807) is 0 Å². The van der Waals surface area contributed by atoms with E-state index in [9.17, 15) is 4.79 Å². The SMILES string of the molecule is CCCOC(=O)CCCN(CC)c1cccc(C)c1. The molecule has 0 spiro atoms. The van der Waals surface area contributed by atoms with Crippen LogP contribution in [-0.2, 0) is 9.53 Å². The van der Waals surface area contributed by atoms with Crippen LogP contribution in [0.25, 0.3) is 0 Å². The summed E-state index contributed by atoms with van der Waals surface area (Å²) in [5.41, 5.74) is 2.49. The van der Waals surface area contributed by atoms with Crippen LogP contribution in [0.3, 0.4) is 0 Å². The summed E-state index contributed by atoms with van der Waals surface area (Å²) in [6.45, 7) is 8.61. The Balaban J connectivity index is 2.39. The number of benzene rings is 1. The Hall–Kier alpha value is -1.51. The number of aryl methyl sites for hydroxylation is 1. The van der Waals surface area contributed by atoms with Crippen molar-refractivity contribution >= 4 is 11.7 Å². The van der Waals surface area contributed by atoms with Crippen LogP contribution in [-0.4, -0.2) is 25.7 Å². The van der Waals surface area contributed by atoms with Crippen molar-refractivity contribution in [1.29, 1.82) is 0 Å². The van der Waals surface area contributed by atoms with Gasteiger partial charge in [-0.15, -0.1) is 0 Å². The summed E-state index contributed by atoms with van der Waals surface area (Å²) < 4.78 is 5.07. The molecule has 0 aliphatic heterocycles. The van der Waals surface area contributed by atoms with Crippen molar-refractivity contribution in [1.82, 2.24) is 0 Å². The molecule has 1 aromatic rings. The quantitative estimate of drug-likeness (QED) is 0.672. The zero-order chi connectivity index (χ0) is 14.1. The highest BCUT2D eigenvalue weighted by molar-refractivity contribution is 5.69. The summed E-state index contributed by atoms with van der Waals surface area (Å²) >= 11 is 0. The molecule has 0 bridgehead atoms. The molecule has 0 saturated carbocycles. The maximum Gasteiger partial charge on any atom is 0.305 e. The van der Waals surface area contributed by atoms with E-state index in [1.807, 2.05) is 6.92 Å². The number of hydrogen-bond acceptors (Lipinski definition) is 3. The van der Waals surface area contributed by atoms with Crippen LogP contribution in [0.5, 0.6) is 0 Å². The van der Waals surface area contributed by atoms with Gasteiger partial charge in [-0.25, -0.2) is 0 Å². The van der Waals surface area contributed by atoms with E-state index in [2.05, 4.69) is 43.0 Å². The zero-order valence-electron chi connectivity index (χ0n) is 12.3. The van der Waals surface area contributed by atoms with Crippen LogP contribution in [0.1, 0.15) is 38.7 Å². The second-order valence-electron chi connectivity index (χ2n) is 4.74. The van der Waals surface area contributed by atoms with Gasteiger partial charge in [-0.1, -0.05) is 19.1 Å². The van der Waals surface area contributed by atoms with Gasteiger partial charge in [-0.2, -0.15) is 0 Å². The summed E-state index contributed by atoms with van der Waals surface area (Å²) in [7, 11) is 0. The average Bonchev–Trinajstić information content (AvgIpc) is 2.41. The second kappa shape index (κ2) is 8.57. The Kier molecular flexibility index (Phi) is 7.01. The fraction of sp³-hybridized carbons (Fsp3) is 0.562. The van der Waals surface area contributed by atoms with Gasteiger partial charge in [0.05, 0.1) is 6.61 Å². The molecule has 0 N–H and O–H groups in total. The van der Waals surface area contributed by atoms with E-state index >= 15 is 0 Å². The van der Waals surface area contributed by atoms with Gasteiger partial charge in [0.15, 0.2) is 0 Å². The lowest BCUT2D eigenvalue weighted by molar-refractivity contribution is -0.143. The van der Waals surface area contributed by atoms with Crippen molar-refractivity contribution in [2.75, 3.05) is 24.6 Å². The monoisotopic (exact) mass is 263 g/mol. The highest BCUT2D eigenvalue weighted by atomic mass is 16.5. The molecule has 3 heteroatoms. The molecule has 1 aromatic carbocycles. The molecular formula is C16H25NO2. The highest BCUT2D eigenvalue weighted by Gasteiger charge is 2.07. The van der Waals surface area contributed by atoms with Crippen molar-refractivity contribution in [3.05, 3.63) is 29.8 Å². The molecule has 0 radical (unpaired) electrons. The molecule has 0 fully saturated rings. The van der Waals surface area contributed by atoms with Crippen LogP contribution in [0.15, 0.2) is 24.3 Å². The van der Waals surface area contributed by atoms with Gasteiger partial charge >= 0.3 is 5.97 Å². The lowest BCUT2D eigenvalue weighted by Crippen LogP contribution is -2.24. The molecule has 1 rings (SSSR count). The molecule has 0 aliphatic rings. The standard InChI is InChI=1S/C16H25NO2/c1-4-12-19-16(18)10-7-11-17(5-2)15-9-6-8-14(3)13-15/h6,8-9,13H,4-5,7,10-12H2,1-3H3. The van der Waals surface area contributed by atoms with E-state index in [4.69, 9.17) is 4.74 Å². The number of hydrogen-bond donors (Lipinski definition) is 0. The summed E-state index contributed by atoms with van der Waals surface area (Å²) in [6.07, 6.45) is 2.22. The van der Waals surface area contributed by atoms with Crippen molar-refractivity contribution in [2.45, 2.75) is 40.0 Å². The van der Waals surface area contributed by atoms with E-state index < -0.39 is 0 Å². The van der Waals surface area contributed by atoms with Gasteiger partial charge < -0.3 is 9.64 Å². The first-order valence-electron chi connectivity index (χ1n) is 7.14. The Morgan fingerprint density at radius 2 is 2.11 bits per heavy atom. The first-order chi connectivity index (χ1) is 9.17. The Morgan fingerprint density at radius 3 is 2.74 bits per heavy atom. The van der Waals surface area contributed by atoms with Gasteiger partial charge in [0.25, 0.3) is 0 Å². The molecule has 0 saturated heterocycles. The Labute approximate surface area is 116 Å². The molecule has 106 valence electrons. The molecule has 0 aliphatic carbocycles. The fourth-order valence-corrected chi connectivity index (χ4v) is 2.00. The van der Waals surface area contributed by atoms with Crippen LogP contribution in [0.2, 0.25) is 0 Å². The summed E-state index contributed by atoms with van der Waals surface area (Å²) in [5, 5.41) is 0. The van der Waals surface area contributed by atoms with Gasteiger partial charge in [0.2, 0.25) is 0 Å². The maximum atomic E-state index is 11.4. The highest BCUT2D eigenvalue weighted by Crippen LogP contribution is 2.16. The summed E-state index contributed by atoms with van der Waals surface area (Å²) in [6, 6.07) is 8.47. The third-order valence-corrected chi connectivity index (χ3v) is 3.02. The number of carbonyl (C=O) groups excluding carboxylic acids is 1. The molecule has 0 heterocycles. The molecule has 0 aromatic heterocycles. The average molecular weight is 263 g/mol. The normalized spacial score (nSPS) is 10.3. The first-order valence-corrected chi connectivity index (χ1v) is 7.14. The molecule has 3 nitrogen and oxygen atoms in total. The third kappa shape index (κ3) is 5.77. The van der Waals surface area contributed by atoms with Crippen LogP contribution < -0.4 is 4.90 Å². The second-order valence-corrected chi connectivity index (χ2v) is 4.74. The number of anilines is 1. The van der Waals surface area contributed by atoms with Crippen molar-refractivity contribution < 1.29 is 9.53 Å². The smallest absolute Gasteiger partial charge is 0.305 e. The Morgan fingerprint density at radius 1 is 1.32 bits per heavy atom. The van der Waals surface area contributed by atoms with Crippen molar-refractivity contribution in [2.24, 2.45) is 0 Å². The van der Waals surface area contributed by atoms with Gasteiger partial charge in [0, 0.05) is 25.2 Å². The third-order valence-electron chi connectivity index (χ3n) is 3.02. The van der Waals surface area contributed by atoms with Crippen LogP contribution >= 0.6 is 0 Å². The number of rotatable bonds is 8. The predicted octanol–water partition coefficient (Wildman–Crippen LogP) is 3.55. The fourth-order valence-electron chi connectivity index (χ4n) is 2.00. The van der Waals surface area contributed by atoms with Crippen molar-refractivity contribution in [3.63, 3.8) is 0 Å². The van der Waals surface area contributed by atoms with Crippen molar-refractivity contribution in [3.8, 4) is 0 Å². The topological polar surface area (TPSA) is 29.5 Å². The predicted molar refractivity (Wildman–Crippen MR) is 79.6 cm³/mol. The first kappa shape index (κ1) is 15.5. The summed E-state index contributed by atoms with van der Waals surface area (Å²) in [4.78, 5) is 13.7. The van der Waals surface area contributed by atoms with Crippen LogP contribution in [0, 0.1) is 6.92 Å². The molecule has 0 atom stereocenters. The maximum absolute atomic E-state index is 11.4. The van der Waals surface area contributed by atoms with Crippen LogP contribution in [0.4, 0.5) is 5.69 Å². The van der Waals surface area contributed by atoms with E-state index in [1.165, 1.54) is 11.3 Å². The van der Waals surface area contributed by atoms with Gasteiger partial charge in [0.1, 0.15) is 0 Å². The lowest BCUT2D eigenvalue weighted by atomic mass is 10.2. The largest absolute Gasteiger partial charge is 0.466 e. The summed E-state index contributed by atoms with van der Waals surface area (Å²) in [5.74, 6) is -0.0813. The number of esters is 1. The molecular weight excluding hydrogens is 238 g/mol. The number of ether oxygens (including phenoxy) is 1. The van der Waals surface area contributed by atoms with Gasteiger partial charge in [-0.3, -0.25) is 4.79 Å². The number of carbonyl (C=O) groups is 1. The molecule has 0 unspecified atom stereocenters.